The standard InChI is InChI=1S/C16H21F3N2O2.ClH/c17-16(18,19)23-14-4-2-1-3-11(14)5-10-15(22)21-13-8-6-12(20)7-9-13;/h1-4,12-13H,5-10,20H2,(H,21,22);1H. The molecule has 0 saturated heterocycles. The number of aryl methyl sites for hydroxylation is 1. The largest absolute Gasteiger partial charge is 0.573 e. The molecule has 24 heavy (non-hydrogen) atoms. The summed E-state index contributed by atoms with van der Waals surface area (Å²) >= 11 is 0. The molecular formula is C16H22ClF3N2O2. The highest BCUT2D eigenvalue weighted by Gasteiger charge is 2.32. The zero-order valence-corrected chi connectivity index (χ0v) is 14.0. The Balaban J connectivity index is 0.00000288. The van der Waals surface area contributed by atoms with E-state index in [0.29, 0.717) is 5.56 Å². The van der Waals surface area contributed by atoms with Crippen LogP contribution in [0.1, 0.15) is 37.7 Å². The number of ether oxygens (including phenoxy) is 1. The number of para-hydroxylation sites is 1. The summed E-state index contributed by atoms with van der Waals surface area (Å²) < 4.78 is 41.0. The molecule has 1 saturated carbocycles. The van der Waals surface area contributed by atoms with Crippen LogP contribution in [0.3, 0.4) is 0 Å². The number of halogens is 4. The summed E-state index contributed by atoms with van der Waals surface area (Å²) in [4.78, 5) is 12.0. The number of hydrogen-bond acceptors (Lipinski definition) is 3. The molecule has 0 aromatic heterocycles. The van der Waals surface area contributed by atoms with Gasteiger partial charge in [-0.05, 0) is 43.7 Å². The van der Waals surface area contributed by atoms with Crippen molar-refractivity contribution in [3.63, 3.8) is 0 Å². The van der Waals surface area contributed by atoms with Crippen LogP contribution in [0.4, 0.5) is 13.2 Å². The zero-order valence-electron chi connectivity index (χ0n) is 13.1. The molecule has 8 heteroatoms. The van der Waals surface area contributed by atoms with Crippen LogP contribution < -0.4 is 15.8 Å². The molecule has 0 aliphatic heterocycles. The average molecular weight is 367 g/mol. The second kappa shape index (κ2) is 9.13. The Morgan fingerprint density at radius 1 is 1.21 bits per heavy atom. The third-order valence-corrected chi connectivity index (χ3v) is 3.96. The van der Waals surface area contributed by atoms with Gasteiger partial charge in [-0.15, -0.1) is 25.6 Å². The van der Waals surface area contributed by atoms with Crippen molar-refractivity contribution in [1.82, 2.24) is 5.32 Å². The third kappa shape index (κ3) is 6.97. The van der Waals surface area contributed by atoms with E-state index in [1.165, 1.54) is 18.2 Å². The first-order valence-corrected chi connectivity index (χ1v) is 7.72. The van der Waals surface area contributed by atoms with Crippen molar-refractivity contribution in [3.8, 4) is 5.75 Å². The van der Waals surface area contributed by atoms with Gasteiger partial charge < -0.3 is 15.8 Å². The number of alkyl halides is 3. The van der Waals surface area contributed by atoms with Gasteiger partial charge in [0.25, 0.3) is 0 Å². The van der Waals surface area contributed by atoms with E-state index in [0.717, 1.165) is 25.7 Å². The molecule has 0 atom stereocenters. The van der Waals surface area contributed by atoms with E-state index >= 15 is 0 Å². The Labute approximate surface area is 145 Å². The van der Waals surface area contributed by atoms with Crippen LogP contribution in [0.2, 0.25) is 0 Å². The van der Waals surface area contributed by atoms with E-state index in [4.69, 9.17) is 5.73 Å². The lowest BCUT2D eigenvalue weighted by Crippen LogP contribution is -2.40. The Kier molecular flexibility index (Phi) is 7.83. The van der Waals surface area contributed by atoms with Crippen LogP contribution in [0, 0.1) is 0 Å². The van der Waals surface area contributed by atoms with Gasteiger partial charge in [0.05, 0.1) is 0 Å². The van der Waals surface area contributed by atoms with Crippen molar-refractivity contribution < 1.29 is 22.7 Å². The molecule has 0 unspecified atom stereocenters. The number of carbonyl (C=O) groups is 1. The van der Waals surface area contributed by atoms with Gasteiger partial charge in [0.15, 0.2) is 0 Å². The fourth-order valence-corrected chi connectivity index (χ4v) is 2.75. The second-order valence-electron chi connectivity index (χ2n) is 5.83. The molecule has 0 radical (unpaired) electrons. The van der Waals surface area contributed by atoms with E-state index in [2.05, 4.69) is 10.1 Å². The van der Waals surface area contributed by atoms with Crippen LogP contribution in [0.15, 0.2) is 24.3 Å². The lowest BCUT2D eigenvalue weighted by Gasteiger charge is -2.26. The van der Waals surface area contributed by atoms with Crippen molar-refractivity contribution >= 4 is 18.3 Å². The van der Waals surface area contributed by atoms with E-state index in [1.54, 1.807) is 6.07 Å². The van der Waals surface area contributed by atoms with Crippen molar-refractivity contribution in [3.05, 3.63) is 29.8 Å². The summed E-state index contributed by atoms with van der Waals surface area (Å²) in [6.07, 6.45) is -0.952. The summed E-state index contributed by atoms with van der Waals surface area (Å²) in [6, 6.07) is 6.20. The molecule has 3 N–H and O–H groups in total. The predicted octanol–water partition coefficient (Wildman–Crippen LogP) is 3.33. The van der Waals surface area contributed by atoms with Crippen LogP contribution in [0.5, 0.6) is 5.75 Å². The van der Waals surface area contributed by atoms with Gasteiger partial charge in [-0.1, -0.05) is 18.2 Å². The molecule has 0 bridgehead atoms. The van der Waals surface area contributed by atoms with Crippen LogP contribution in [0.25, 0.3) is 0 Å². The molecular weight excluding hydrogens is 345 g/mol. The SMILES string of the molecule is Cl.NC1CCC(NC(=O)CCc2ccccc2OC(F)(F)F)CC1. The van der Waals surface area contributed by atoms with E-state index < -0.39 is 6.36 Å². The average Bonchev–Trinajstić information content (AvgIpc) is 2.47. The maximum Gasteiger partial charge on any atom is 0.573 e. The zero-order chi connectivity index (χ0) is 16.9. The minimum absolute atomic E-state index is 0. The molecule has 1 aliphatic carbocycles. The van der Waals surface area contributed by atoms with Gasteiger partial charge in [0.1, 0.15) is 5.75 Å². The number of hydrogen-bond donors (Lipinski definition) is 2. The van der Waals surface area contributed by atoms with Crippen LogP contribution >= 0.6 is 12.4 Å². The summed E-state index contributed by atoms with van der Waals surface area (Å²) in [7, 11) is 0. The molecule has 1 aromatic carbocycles. The molecule has 0 heterocycles. The first-order chi connectivity index (χ1) is 10.8. The van der Waals surface area contributed by atoms with Crippen LogP contribution in [-0.2, 0) is 11.2 Å². The Bertz CT molecular complexity index is 532. The quantitative estimate of drug-likeness (QED) is 0.840. The van der Waals surface area contributed by atoms with Crippen molar-refractivity contribution in [2.75, 3.05) is 0 Å². The topological polar surface area (TPSA) is 64.3 Å². The summed E-state index contributed by atoms with van der Waals surface area (Å²) in [6.45, 7) is 0. The summed E-state index contributed by atoms with van der Waals surface area (Å²) in [5.41, 5.74) is 6.18. The number of nitrogens with two attached hydrogens (primary N) is 1. The van der Waals surface area contributed by atoms with E-state index in [9.17, 15) is 18.0 Å². The van der Waals surface area contributed by atoms with Gasteiger partial charge in [0.2, 0.25) is 5.91 Å². The van der Waals surface area contributed by atoms with Gasteiger partial charge in [-0.3, -0.25) is 4.79 Å². The number of amides is 1. The normalized spacial score (nSPS) is 20.8. The number of nitrogens with one attached hydrogen (secondary N) is 1. The van der Waals surface area contributed by atoms with Crippen LogP contribution in [-0.4, -0.2) is 24.4 Å². The number of carbonyl (C=O) groups excluding carboxylic acids is 1. The summed E-state index contributed by atoms with van der Waals surface area (Å²) in [5.74, 6) is -0.413. The predicted molar refractivity (Wildman–Crippen MR) is 87.1 cm³/mol. The van der Waals surface area contributed by atoms with Crippen molar-refractivity contribution in [1.29, 1.82) is 0 Å². The molecule has 136 valence electrons. The van der Waals surface area contributed by atoms with Crippen molar-refractivity contribution in [2.45, 2.75) is 57.0 Å². The molecule has 1 amide bonds. The first-order valence-electron chi connectivity index (χ1n) is 7.72. The molecule has 1 aromatic rings. The smallest absolute Gasteiger partial charge is 0.406 e. The van der Waals surface area contributed by atoms with Gasteiger partial charge in [-0.25, -0.2) is 0 Å². The Morgan fingerprint density at radius 2 is 1.83 bits per heavy atom. The molecule has 1 aliphatic rings. The van der Waals surface area contributed by atoms with Gasteiger partial charge >= 0.3 is 6.36 Å². The summed E-state index contributed by atoms with van der Waals surface area (Å²) in [5, 5.41) is 2.92. The maximum atomic E-state index is 12.3. The molecule has 4 nitrogen and oxygen atoms in total. The molecule has 1 fully saturated rings. The lowest BCUT2D eigenvalue weighted by molar-refractivity contribution is -0.274. The monoisotopic (exact) mass is 366 g/mol. The number of benzene rings is 1. The Hall–Kier alpha value is -1.47. The lowest BCUT2D eigenvalue weighted by atomic mass is 9.91. The second-order valence-corrected chi connectivity index (χ2v) is 5.83. The van der Waals surface area contributed by atoms with Gasteiger partial charge in [-0.2, -0.15) is 0 Å². The Morgan fingerprint density at radius 3 is 2.46 bits per heavy atom. The molecule has 0 spiro atoms. The minimum atomic E-state index is -4.74. The third-order valence-electron chi connectivity index (χ3n) is 3.96. The van der Waals surface area contributed by atoms with Gasteiger partial charge in [0, 0.05) is 18.5 Å². The highest BCUT2D eigenvalue weighted by atomic mass is 35.5. The highest BCUT2D eigenvalue weighted by Crippen LogP contribution is 2.27. The number of rotatable bonds is 5. The molecule has 2 rings (SSSR count). The first kappa shape index (κ1) is 20.6. The minimum Gasteiger partial charge on any atom is -0.406 e. The van der Waals surface area contributed by atoms with E-state index in [-0.39, 0.29) is 49.0 Å². The van der Waals surface area contributed by atoms with E-state index in [1.807, 2.05) is 0 Å². The fraction of sp³-hybridized carbons (Fsp3) is 0.562. The fourth-order valence-electron chi connectivity index (χ4n) is 2.75. The van der Waals surface area contributed by atoms with Crippen molar-refractivity contribution in [2.24, 2.45) is 5.73 Å². The maximum absolute atomic E-state index is 12.3. The highest BCUT2D eigenvalue weighted by molar-refractivity contribution is 5.85.